The van der Waals surface area contributed by atoms with Crippen LogP contribution < -0.4 is 4.72 Å². The Labute approximate surface area is 98.0 Å². The summed E-state index contributed by atoms with van der Waals surface area (Å²) in [6.07, 6.45) is 1.06. The fraction of sp³-hybridized carbons (Fsp3) is 1.00. The van der Waals surface area contributed by atoms with Gasteiger partial charge in [-0.3, -0.25) is 0 Å². The zero-order valence-electron chi connectivity index (χ0n) is 9.66. The maximum atomic E-state index is 11.2. The van der Waals surface area contributed by atoms with Crippen LogP contribution in [0.5, 0.6) is 0 Å². The van der Waals surface area contributed by atoms with Crippen LogP contribution in [0.2, 0.25) is 0 Å². The predicted molar refractivity (Wildman–Crippen MR) is 64.9 cm³/mol. The second-order valence-corrected chi connectivity index (χ2v) is 5.94. The van der Waals surface area contributed by atoms with Crippen molar-refractivity contribution in [2.24, 2.45) is 0 Å². The van der Waals surface area contributed by atoms with Crippen molar-refractivity contribution in [3.8, 4) is 0 Å². The third-order valence-electron chi connectivity index (χ3n) is 2.48. The van der Waals surface area contributed by atoms with Gasteiger partial charge >= 0.3 is 0 Å². The molecule has 1 atom stereocenters. The fourth-order valence-corrected chi connectivity index (χ4v) is 2.44. The molecule has 0 aromatic carbocycles. The number of nitrogens with zero attached hydrogens (tertiary/aromatic N) is 1. The van der Waals surface area contributed by atoms with Crippen molar-refractivity contribution in [3.05, 3.63) is 0 Å². The maximum Gasteiger partial charge on any atom is 0.212 e. The molecule has 92 valence electrons. The minimum absolute atomic E-state index is 0.0123. The summed E-state index contributed by atoms with van der Waals surface area (Å²) in [4.78, 5) is 2.13. The van der Waals surface area contributed by atoms with E-state index in [1.54, 1.807) is 0 Å². The Kier molecular flexibility index (Phi) is 7.52. The van der Waals surface area contributed by atoms with E-state index < -0.39 is 10.0 Å². The van der Waals surface area contributed by atoms with Gasteiger partial charge in [0.25, 0.3) is 0 Å². The summed E-state index contributed by atoms with van der Waals surface area (Å²) in [5, 5.41) is 0. The van der Waals surface area contributed by atoms with E-state index in [9.17, 15) is 8.42 Å². The molecule has 0 radical (unpaired) electrons. The van der Waals surface area contributed by atoms with E-state index in [0.717, 1.165) is 13.0 Å². The van der Waals surface area contributed by atoms with Crippen LogP contribution in [0.4, 0.5) is 0 Å². The molecule has 0 aromatic heterocycles. The molecule has 15 heavy (non-hydrogen) atoms. The van der Waals surface area contributed by atoms with Crippen LogP contribution in [0.25, 0.3) is 0 Å². The van der Waals surface area contributed by atoms with E-state index in [4.69, 9.17) is 11.6 Å². The first-order chi connectivity index (χ1) is 6.93. The fourth-order valence-electron chi connectivity index (χ4n) is 1.08. The Morgan fingerprint density at radius 1 is 1.47 bits per heavy atom. The van der Waals surface area contributed by atoms with Gasteiger partial charge in [0.05, 0.1) is 5.75 Å². The lowest BCUT2D eigenvalue weighted by atomic mass is 10.2. The number of sulfonamides is 1. The molecule has 0 aliphatic carbocycles. The van der Waals surface area contributed by atoms with Crippen molar-refractivity contribution in [1.82, 2.24) is 9.62 Å². The molecular formula is C9H21ClN2O2S. The smallest absolute Gasteiger partial charge is 0.212 e. The van der Waals surface area contributed by atoms with Gasteiger partial charge in [0.15, 0.2) is 0 Å². The van der Waals surface area contributed by atoms with E-state index in [1.165, 1.54) is 0 Å². The summed E-state index contributed by atoms with van der Waals surface area (Å²) in [5.74, 6) is 0.123. The van der Waals surface area contributed by atoms with Crippen molar-refractivity contribution in [2.45, 2.75) is 26.3 Å². The molecule has 0 rings (SSSR count). The van der Waals surface area contributed by atoms with E-state index in [0.29, 0.717) is 12.6 Å². The number of hydrogen-bond donors (Lipinski definition) is 1. The molecule has 0 aromatic rings. The lowest BCUT2D eigenvalue weighted by Crippen LogP contribution is -2.37. The lowest BCUT2D eigenvalue weighted by molar-refractivity contribution is 0.256. The second-order valence-electron chi connectivity index (χ2n) is 3.64. The highest BCUT2D eigenvalue weighted by atomic mass is 35.5. The van der Waals surface area contributed by atoms with E-state index in [1.807, 2.05) is 7.05 Å². The number of rotatable bonds is 8. The molecule has 0 aliphatic heterocycles. The van der Waals surface area contributed by atoms with Gasteiger partial charge in [-0.1, -0.05) is 6.92 Å². The van der Waals surface area contributed by atoms with Crippen molar-refractivity contribution in [3.63, 3.8) is 0 Å². The van der Waals surface area contributed by atoms with Gasteiger partial charge in [-0.2, -0.15) is 0 Å². The topological polar surface area (TPSA) is 49.4 Å². The van der Waals surface area contributed by atoms with Gasteiger partial charge in [-0.15, -0.1) is 11.6 Å². The number of hydrogen-bond acceptors (Lipinski definition) is 3. The third-order valence-corrected chi connectivity index (χ3v) is 4.27. The molecule has 0 fully saturated rings. The highest BCUT2D eigenvalue weighted by Crippen LogP contribution is 1.98. The van der Waals surface area contributed by atoms with Gasteiger partial charge in [0.2, 0.25) is 10.0 Å². The Morgan fingerprint density at radius 2 is 2.07 bits per heavy atom. The van der Waals surface area contributed by atoms with Gasteiger partial charge in [0, 0.05) is 25.0 Å². The Morgan fingerprint density at radius 3 is 2.53 bits per heavy atom. The van der Waals surface area contributed by atoms with Crippen molar-refractivity contribution in [2.75, 3.05) is 31.8 Å². The van der Waals surface area contributed by atoms with E-state index in [-0.39, 0.29) is 11.6 Å². The highest BCUT2D eigenvalue weighted by molar-refractivity contribution is 7.89. The van der Waals surface area contributed by atoms with Gasteiger partial charge in [-0.05, 0) is 20.4 Å². The van der Waals surface area contributed by atoms with Crippen molar-refractivity contribution >= 4 is 21.6 Å². The Balaban J connectivity index is 3.79. The minimum atomic E-state index is -3.17. The molecule has 4 nitrogen and oxygen atoms in total. The van der Waals surface area contributed by atoms with Crippen LogP contribution in [0, 0.1) is 0 Å². The molecule has 0 bridgehead atoms. The van der Waals surface area contributed by atoms with E-state index >= 15 is 0 Å². The Hall–Kier alpha value is 0.160. The molecule has 0 amide bonds. The van der Waals surface area contributed by atoms with Crippen molar-refractivity contribution < 1.29 is 8.42 Å². The van der Waals surface area contributed by atoms with E-state index in [2.05, 4.69) is 23.5 Å². The summed E-state index contributed by atoms with van der Waals surface area (Å²) in [6.45, 7) is 5.39. The second kappa shape index (κ2) is 7.44. The van der Waals surface area contributed by atoms with Crippen LogP contribution in [-0.4, -0.2) is 51.1 Å². The van der Waals surface area contributed by atoms with Gasteiger partial charge in [-0.25, -0.2) is 13.1 Å². The quantitative estimate of drug-likeness (QED) is 0.656. The third kappa shape index (κ3) is 7.11. The first-order valence-electron chi connectivity index (χ1n) is 5.16. The average molecular weight is 257 g/mol. The van der Waals surface area contributed by atoms with Crippen LogP contribution >= 0.6 is 11.6 Å². The number of likely N-dealkylation sites (N-methyl/N-ethyl adjacent to an activating group) is 1. The molecule has 0 spiro atoms. The minimum Gasteiger partial charge on any atom is -0.302 e. The maximum absolute atomic E-state index is 11.2. The average Bonchev–Trinajstić information content (AvgIpc) is 2.15. The first kappa shape index (κ1) is 15.2. The van der Waals surface area contributed by atoms with Crippen molar-refractivity contribution in [1.29, 1.82) is 0 Å². The molecule has 0 aliphatic rings. The Bertz CT molecular complexity index is 257. The van der Waals surface area contributed by atoms with Crippen LogP contribution in [0.3, 0.4) is 0 Å². The number of alkyl halides is 1. The zero-order chi connectivity index (χ0) is 11.9. The highest BCUT2D eigenvalue weighted by Gasteiger charge is 2.10. The lowest BCUT2D eigenvalue weighted by Gasteiger charge is -2.23. The molecular weight excluding hydrogens is 236 g/mol. The molecule has 0 saturated heterocycles. The summed E-state index contributed by atoms with van der Waals surface area (Å²) in [5.41, 5.74) is 0. The summed E-state index contributed by atoms with van der Waals surface area (Å²) < 4.78 is 25.0. The SMILES string of the molecule is CCC(C)N(C)CCNS(=O)(=O)CCCl. The number of halogens is 1. The summed E-state index contributed by atoms with van der Waals surface area (Å²) >= 11 is 5.37. The molecule has 0 heterocycles. The van der Waals surface area contributed by atoms with Crippen LogP contribution in [0.1, 0.15) is 20.3 Å². The standard InChI is InChI=1S/C9H21ClN2O2S/c1-4-9(2)12(3)7-6-11-15(13,14)8-5-10/h9,11H,4-8H2,1-3H3. The van der Waals surface area contributed by atoms with Gasteiger partial charge in [0.1, 0.15) is 0 Å². The summed E-state index contributed by atoms with van der Waals surface area (Å²) in [7, 11) is -1.18. The molecule has 1 unspecified atom stereocenters. The first-order valence-corrected chi connectivity index (χ1v) is 7.35. The predicted octanol–water partition coefficient (Wildman–Crippen LogP) is 0.875. The normalized spacial score (nSPS) is 14.5. The largest absolute Gasteiger partial charge is 0.302 e. The molecule has 1 N–H and O–H groups in total. The zero-order valence-corrected chi connectivity index (χ0v) is 11.2. The van der Waals surface area contributed by atoms with Crippen LogP contribution in [0.15, 0.2) is 0 Å². The monoisotopic (exact) mass is 256 g/mol. The molecule has 6 heteroatoms. The van der Waals surface area contributed by atoms with Crippen LogP contribution in [-0.2, 0) is 10.0 Å². The summed E-state index contributed by atoms with van der Waals surface area (Å²) in [6, 6.07) is 0.475. The molecule has 0 saturated carbocycles. The van der Waals surface area contributed by atoms with Gasteiger partial charge < -0.3 is 4.90 Å². The number of nitrogens with one attached hydrogen (secondary N) is 1.